The number of ether oxygens (including phenoxy) is 1. The Morgan fingerprint density at radius 3 is 2.81 bits per heavy atom. The minimum absolute atomic E-state index is 0.204. The molecule has 1 amide bonds. The van der Waals surface area contributed by atoms with Gasteiger partial charge in [-0.05, 0) is 44.0 Å². The third-order valence-electron chi connectivity index (χ3n) is 3.25. The van der Waals surface area contributed by atoms with Gasteiger partial charge < -0.3 is 20.2 Å². The van der Waals surface area contributed by atoms with Crippen LogP contribution in [-0.4, -0.2) is 12.0 Å². The number of anilines is 1. The Bertz CT molecular complexity index is 621. The van der Waals surface area contributed by atoms with E-state index in [9.17, 15) is 4.79 Å². The van der Waals surface area contributed by atoms with Crippen LogP contribution in [0.5, 0.6) is 5.75 Å². The van der Waals surface area contributed by atoms with Crippen molar-refractivity contribution in [2.75, 3.05) is 5.73 Å². The second kappa shape index (κ2) is 6.35. The van der Waals surface area contributed by atoms with Crippen molar-refractivity contribution in [1.82, 2.24) is 5.32 Å². The number of amides is 1. The van der Waals surface area contributed by atoms with Gasteiger partial charge >= 0.3 is 0 Å². The minimum atomic E-state index is -0.610. The summed E-state index contributed by atoms with van der Waals surface area (Å²) in [4.78, 5) is 12.0. The maximum atomic E-state index is 12.0. The summed E-state index contributed by atoms with van der Waals surface area (Å²) in [5, 5.41) is 2.76. The van der Waals surface area contributed by atoms with Crippen molar-refractivity contribution in [2.24, 2.45) is 0 Å². The fourth-order valence-electron chi connectivity index (χ4n) is 1.95. The van der Waals surface area contributed by atoms with Crippen molar-refractivity contribution in [1.29, 1.82) is 0 Å². The fraction of sp³-hybridized carbons (Fsp3) is 0.312. The van der Waals surface area contributed by atoms with Crippen molar-refractivity contribution in [3.8, 4) is 5.75 Å². The largest absolute Gasteiger partial charge is 0.481 e. The van der Waals surface area contributed by atoms with Crippen LogP contribution in [0.3, 0.4) is 0 Å². The van der Waals surface area contributed by atoms with Gasteiger partial charge in [0.25, 0.3) is 5.91 Å². The van der Waals surface area contributed by atoms with Gasteiger partial charge in [-0.1, -0.05) is 6.07 Å². The van der Waals surface area contributed by atoms with E-state index in [4.69, 9.17) is 14.9 Å². The number of nitrogen functional groups attached to an aromatic ring is 1. The summed E-state index contributed by atoms with van der Waals surface area (Å²) in [5.41, 5.74) is 8.47. The molecule has 2 aromatic rings. The van der Waals surface area contributed by atoms with Gasteiger partial charge in [0.15, 0.2) is 6.10 Å². The Morgan fingerprint density at radius 1 is 1.38 bits per heavy atom. The maximum absolute atomic E-state index is 12.0. The van der Waals surface area contributed by atoms with Gasteiger partial charge in [-0.3, -0.25) is 4.79 Å². The first-order chi connectivity index (χ1) is 9.97. The Hall–Kier alpha value is -2.43. The first kappa shape index (κ1) is 15.0. The van der Waals surface area contributed by atoms with E-state index >= 15 is 0 Å². The lowest BCUT2D eigenvalue weighted by Gasteiger charge is -2.17. The summed E-state index contributed by atoms with van der Waals surface area (Å²) in [5.74, 6) is 1.12. The lowest BCUT2D eigenvalue weighted by atomic mass is 10.1. The number of aryl methyl sites for hydroxylation is 2. The van der Waals surface area contributed by atoms with E-state index < -0.39 is 6.10 Å². The lowest BCUT2D eigenvalue weighted by molar-refractivity contribution is -0.127. The summed E-state index contributed by atoms with van der Waals surface area (Å²) in [6, 6.07) is 7.27. The number of carbonyl (C=O) groups excluding carboxylic acids is 1. The topological polar surface area (TPSA) is 77.5 Å². The molecule has 112 valence electrons. The average Bonchev–Trinajstić information content (AvgIpc) is 2.95. The molecule has 0 radical (unpaired) electrons. The molecular weight excluding hydrogens is 268 g/mol. The predicted octanol–water partition coefficient (Wildman–Crippen LogP) is 2.56. The van der Waals surface area contributed by atoms with Crippen LogP contribution in [0.15, 0.2) is 34.9 Å². The van der Waals surface area contributed by atoms with E-state index in [1.807, 2.05) is 19.9 Å². The van der Waals surface area contributed by atoms with Crippen LogP contribution in [-0.2, 0) is 11.3 Å². The summed E-state index contributed by atoms with van der Waals surface area (Å²) >= 11 is 0. The Labute approximate surface area is 124 Å². The first-order valence-corrected chi connectivity index (χ1v) is 6.81. The van der Waals surface area contributed by atoms with Gasteiger partial charge in [0.05, 0.1) is 12.8 Å². The molecule has 0 aliphatic heterocycles. The number of rotatable bonds is 5. The molecule has 1 unspecified atom stereocenters. The quantitative estimate of drug-likeness (QED) is 0.829. The van der Waals surface area contributed by atoms with Crippen LogP contribution in [0.4, 0.5) is 5.69 Å². The van der Waals surface area contributed by atoms with Crippen LogP contribution in [0, 0.1) is 13.8 Å². The van der Waals surface area contributed by atoms with E-state index in [0.717, 1.165) is 11.1 Å². The summed E-state index contributed by atoms with van der Waals surface area (Å²) in [6.45, 7) is 5.91. The third kappa shape index (κ3) is 3.78. The number of benzene rings is 1. The number of nitrogens with one attached hydrogen (secondary N) is 1. The SMILES string of the molecule is Cc1cc(C)c(OC(C)C(=O)NCc2ccco2)cc1N. The molecule has 5 nitrogen and oxygen atoms in total. The molecule has 0 spiro atoms. The van der Waals surface area contributed by atoms with Crippen LogP contribution in [0.25, 0.3) is 0 Å². The Morgan fingerprint density at radius 2 is 2.14 bits per heavy atom. The molecule has 21 heavy (non-hydrogen) atoms. The number of hydrogen-bond acceptors (Lipinski definition) is 4. The second-order valence-corrected chi connectivity index (χ2v) is 5.03. The normalized spacial score (nSPS) is 12.0. The summed E-state index contributed by atoms with van der Waals surface area (Å²) in [7, 11) is 0. The van der Waals surface area contributed by atoms with E-state index in [0.29, 0.717) is 23.7 Å². The zero-order valence-corrected chi connectivity index (χ0v) is 12.5. The van der Waals surface area contributed by atoms with Crippen molar-refractivity contribution in [3.05, 3.63) is 47.4 Å². The molecule has 3 N–H and O–H groups in total. The highest BCUT2D eigenvalue weighted by molar-refractivity contribution is 5.80. The van der Waals surface area contributed by atoms with Gasteiger partial charge in [-0.15, -0.1) is 0 Å². The molecule has 2 rings (SSSR count). The van der Waals surface area contributed by atoms with Crippen molar-refractivity contribution < 1.29 is 13.9 Å². The van der Waals surface area contributed by atoms with Crippen LogP contribution < -0.4 is 15.8 Å². The molecule has 0 saturated heterocycles. The first-order valence-electron chi connectivity index (χ1n) is 6.81. The Balaban J connectivity index is 1.95. The molecule has 0 bridgehead atoms. The highest BCUT2D eigenvalue weighted by Crippen LogP contribution is 2.25. The molecule has 1 aromatic carbocycles. The molecule has 0 aliphatic rings. The minimum Gasteiger partial charge on any atom is -0.481 e. The smallest absolute Gasteiger partial charge is 0.261 e. The average molecular weight is 288 g/mol. The molecule has 1 heterocycles. The van der Waals surface area contributed by atoms with Gasteiger partial charge in [-0.2, -0.15) is 0 Å². The van der Waals surface area contributed by atoms with E-state index in [1.54, 1.807) is 31.4 Å². The van der Waals surface area contributed by atoms with Gasteiger partial charge in [-0.25, -0.2) is 0 Å². The van der Waals surface area contributed by atoms with Crippen LogP contribution in [0.1, 0.15) is 23.8 Å². The summed E-state index contributed by atoms with van der Waals surface area (Å²) in [6.07, 6.45) is 0.959. The maximum Gasteiger partial charge on any atom is 0.261 e. The molecular formula is C16H20N2O3. The Kier molecular flexibility index (Phi) is 4.52. The van der Waals surface area contributed by atoms with E-state index in [1.165, 1.54) is 0 Å². The van der Waals surface area contributed by atoms with Crippen molar-refractivity contribution in [3.63, 3.8) is 0 Å². The van der Waals surface area contributed by atoms with Gasteiger partial charge in [0.1, 0.15) is 11.5 Å². The standard InChI is InChI=1S/C16H20N2O3/c1-10-7-11(2)15(8-14(10)17)21-12(3)16(19)18-9-13-5-4-6-20-13/h4-8,12H,9,17H2,1-3H3,(H,18,19). The van der Waals surface area contributed by atoms with Crippen molar-refractivity contribution >= 4 is 11.6 Å². The monoisotopic (exact) mass is 288 g/mol. The molecule has 0 aliphatic carbocycles. The van der Waals surface area contributed by atoms with Crippen LogP contribution in [0.2, 0.25) is 0 Å². The van der Waals surface area contributed by atoms with Gasteiger partial charge in [0, 0.05) is 11.8 Å². The van der Waals surface area contributed by atoms with E-state index in [2.05, 4.69) is 5.32 Å². The molecule has 1 atom stereocenters. The lowest BCUT2D eigenvalue weighted by Crippen LogP contribution is -2.36. The van der Waals surface area contributed by atoms with Crippen molar-refractivity contribution in [2.45, 2.75) is 33.4 Å². The van der Waals surface area contributed by atoms with E-state index in [-0.39, 0.29) is 5.91 Å². The zero-order chi connectivity index (χ0) is 15.4. The molecule has 0 saturated carbocycles. The highest BCUT2D eigenvalue weighted by atomic mass is 16.5. The molecule has 1 aromatic heterocycles. The number of nitrogens with two attached hydrogens (primary N) is 1. The fourth-order valence-corrected chi connectivity index (χ4v) is 1.95. The van der Waals surface area contributed by atoms with Crippen LogP contribution >= 0.6 is 0 Å². The second-order valence-electron chi connectivity index (χ2n) is 5.03. The molecule has 5 heteroatoms. The summed E-state index contributed by atoms with van der Waals surface area (Å²) < 4.78 is 10.8. The molecule has 0 fully saturated rings. The number of carbonyl (C=O) groups is 1. The third-order valence-corrected chi connectivity index (χ3v) is 3.25. The number of furan rings is 1. The highest BCUT2D eigenvalue weighted by Gasteiger charge is 2.16. The van der Waals surface area contributed by atoms with Gasteiger partial charge in [0.2, 0.25) is 0 Å². The predicted molar refractivity (Wildman–Crippen MR) is 81.0 cm³/mol. The number of hydrogen-bond donors (Lipinski definition) is 2. The zero-order valence-electron chi connectivity index (χ0n) is 12.5.